The van der Waals surface area contributed by atoms with E-state index in [0.717, 1.165) is 65.8 Å². The molecule has 0 spiro atoms. The molecule has 0 fully saturated rings. The predicted molar refractivity (Wildman–Crippen MR) is 196 cm³/mol. The number of nitrogens with zero attached hydrogens (tertiary/aromatic N) is 7. The van der Waals surface area contributed by atoms with Crippen molar-refractivity contribution in [3.05, 3.63) is 177 Å². The van der Waals surface area contributed by atoms with Crippen molar-refractivity contribution in [1.29, 1.82) is 0 Å². The minimum Gasteiger partial charge on any atom is -0.264 e. The Morgan fingerprint density at radius 1 is 0.306 bits per heavy atom. The van der Waals surface area contributed by atoms with Crippen LogP contribution in [0.1, 0.15) is 0 Å². The molecule has 0 bridgehead atoms. The van der Waals surface area contributed by atoms with Crippen molar-refractivity contribution in [3.8, 4) is 45.0 Å². The van der Waals surface area contributed by atoms with Gasteiger partial charge in [0.25, 0.3) is 0 Å². The number of hydrogen-bond acceptors (Lipinski definition) is 7. The first kappa shape index (κ1) is 29.9. The van der Waals surface area contributed by atoms with Gasteiger partial charge in [-0.15, -0.1) is 0 Å². The smallest absolute Gasteiger partial charge is 0.180 e. The lowest BCUT2D eigenvalue weighted by Crippen LogP contribution is -2.75. The van der Waals surface area contributed by atoms with Gasteiger partial charge in [0.05, 0.1) is 22.8 Å². The van der Waals surface area contributed by atoms with E-state index >= 15 is 0 Å². The molecular formula is C41H29N7Si. The van der Waals surface area contributed by atoms with Gasteiger partial charge in [-0.25, -0.2) is 0 Å². The number of hydrogen-bond donors (Lipinski definition) is 0. The number of benzene rings is 1. The Hall–Kier alpha value is -6.51. The fourth-order valence-electron chi connectivity index (χ4n) is 6.44. The van der Waals surface area contributed by atoms with Crippen molar-refractivity contribution >= 4 is 28.8 Å². The second-order valence-corrected chi connectivity index (χ2v) is 15.4. The largest absolute Gasteiger partial charge is 0.264 e. The zero-order chi connectivity index (χ0) is 32.9. The van der Waals surface area contributed by atoms with Gasteiger partial charge in [0.1, 0.15) is 0 Å². The molecule has 0 saturated carbocycles. The van der Waals surface area contributed by atoms with E-state index in [1.807, 2.05) is 98.0 Å². The Balaban J connectivity index is 1.47. The summed E-state index contributed by atoms with van der Waals surface area (Å²) in [5.74, 6) is 0. The van der Waals surface area contributed by atoms with Crippen LogP contribution >= 0.6 is 0 Å². The lowest BCUT2D eigenvalue weighted by molar-refractivity contribution is 1.28. The molecular weight excluding hydrogens is 619 g/mol. The molecule has 0 amide bonds. The summed E-state index contributed by atoms with van der Waals surface area (Å²) in [7, 11) is -3.18. The van der Waals surface area contributed by atoms with E-state index in [4.69, 9.17) is 19.9 Å². The zero-order valence-corrected chi connectivity index (χ0v) is 27.4. The van der Waals surface area contributed by atoms with Crippen LogP contribution in [-0.4, -0.2) is 43.0 Å². The molecule has 49 heavy (non-hydrogen) atoms. The van der Waals surface area contributed by atoms with Crippen molar-refractivity contribution in [2.45, 2.75) is 0 Å². The predicted octanol–water partition coefficient (Wildman–Crippen LogP) is 5.50. The van der Waals surface area contributed by atoms with E-state index in [-0.39, 0.29) is 0 Å². The number of rotatable bonds is 8. The van der Waals surface area contributed by atoms with Crippen LogP contribution in [0.3, 0.4) is 0 Å². The highest BCUT2D eigenvalue weighted by molar-refractivity contribution is 7.20. The fourth-order valence-corrected chi connectivity index (χ4v) is 11.1. The average Bonchev–Trinajstić information content (AvgIpc) is 3.20. The third kappa shape index (κ3) is 5.81. The van der Waals surface area contributed by atoms with Crippen LogP contribution in [0, 0.1) is 0 Å². The maximum atomic E-state index is 4.86. The van der Waals surface area contributed by atoms with Crippen LogP contribution in [0.2, 0.25) is 0 Å². The first-order valence-corrected chi connectivity index (χ1v) is 17.9. The summed E-state index contributed by atoms with van der Waals surface area (Å²) < 4.78 is 0. The van der Waals surface area contributed by atoms with Crippen LogP contribution in [0.25, 0.3) is 45.0 Å². The van der Waals surface area contributed by atoms with Crippen LogP contribution in [0.5, 0.6) is 0 Å². The molecule has 8 heteroatoms. The van der Waals surface area contributed by atoms with Gasteiger partial charge in [0, 0.05) is 84.2 Å². The van der Waals surface area contributed by atoms with E-state index in [2.05, 4.69) is 75.6 Å². The lowest BCUT2D eigenvalue weighted by Gasteiger charge is -2.35. The maximum Gasteiger partial charge on any atom is 0.180 e. The van der Waals surface area contributed by atoms with Crippen molar-refractivity contribution in [1.82, 2.24) is 34.9 Å². The molecule has 0 unspecified atom stereocenters. The molecule has 7 nitrogen and oxygen atoms in total. The highest BCUT2D eigenvalue weighted by Gasteiger charge is 2.43. The zero-order valence-electron chi connectivity index (χ0n) is 26.4. The topological polar surface area (TPSA) is 90.2 Å². The van der Waals surface area contributed by atoms with Gasteiger partial charge in [-0.3, -0.25) is 34.9 Å². The maximum absolute atomic E-state index is 4.86. The number of aromatic nitrogens is 7. The van der Waals surface area contributed by atoms with Crippen molar-refractivity contribution < 1.29 is 0 Å². The quantitative estimate of drug-likeness (QED) is 0.201. The van der Waals surface area contributed by atoms with E-state index in [1.165, 1.54) is 0 Å². The second kappa shape index (κ2) is 13.3. The third-order valence-electron chi connectivity index (χ3n) is 8.71. The van der Waals surface area contributed by atoms with Gasteiger partial charge in [-0.1, -0.05) is 30.3 Å². The SMILES string of the molecule is c1ccc(-c2cc([Si](c3ccnc(-c4cccnc4)c3)(c3ccnc(-c4cccnc4)c3)c3ccnc(-c4cccnc4)c3)ccn2)cc1. The summed E-state index contributed by atoms with van der Waals surface area (Å²) in [6.45, 7) is 0. The summed E-state index contributed by atoms with van der Waals surface area (Å²) in [5.41, 5.74) is 7.35. The van der Waals surface area contributed by atoms with Crippen molar-refractivity contribution in [2.24, 2.45) is 0 Å². The molecule has 0 N–H and O–H groups in total. The van der Waals surface area contributed by atoms with Crippen LogP contribution in [0.15, 0.2) is 177 Å². The van der Waals surface area contributed by atoms with Gasteiger partial charge in [0.15, 0.2) is 8.07 Å². The first-order chi connectivity index (χ1) is 24.3. The number of pyridine rings is 7. The van der Waals surface area contributed by atoms with Crippen LogP contribution in [0.4, 0.5) is 0 Å². The molecule has 232 valence electrons. The van der Waals surface area contributed by atoms with E-state index < -0.39 is 8.07 Å². The molecule has 0 saturated heterocycles. The van der Waals surface area contributed by atoms with E-state index in [0.29, 0.717) is 0 Å². The molecule has 0 aliphatic rings. The highest BCUT2D eigenvalue weighted by atomic mass is 28.3. The molecule has 8 aromatic rings. The van der Waals surface area contributed by atoms with Gasteiger partial charge >= 0.3 is 0 Å². The monoisotopic (exact) mass is 647 g/mol. The highest BCUT2D eigenvalue weighted by Crippen LogP contribution is 2.22. The summed E-state index contributed by atoms with van der Waals surface area (Å²) in [4.78, 5) is 32.5. The van der Waals surface area contributed by atoms with Crippen LogP contribution in [-0.2, 0) is 0 Å². The minimum absolute atomic E-state index is 0.850. The molecule has 1 aromatic carbocycles. The van der Waals surface area contributed by atoms with Gasteiger partial charge in [-0.2, -0.15) is 0 Å². The molecule has 0 aliphatic heterocycles. The summed E-state index contributed by atoms with van der Waals surface area (Å²) >= 11 is 0. The second-order valence-electron chi connectivity index (χ2n) is 11.6. The Labute approximate surface area is 285 Å². The Bertz CT molecular complexity index is 2000. The molecule has 7 aromatic heterocycles. The summed E-state index contributed by atoms with van der Waals surface area (Å²) in [6, 6.07) is 39.8. The summed E-state index contributed by atoms with van der Waals surface area (Å²) in [6.07, 6.45) is 18.6. The molecule has 8 rings (SSSR count). The standard InChI is InChI=1S/C41H29N7Si/c1-2-7-30(8-3-1)38-23-34(12-19-45-38)49(35-13-20-46-39(24-35)31-9-4-16-42-27-31,36-14-21-47-40(25-36)32-10-5-17-43-28-32)37-15-22-48-41(26-37)33-11-6-18-44-29-33/h1-29H. The van der Waals surface area contributed by atoms with Crippen LogP contribution < -0.4 is 20.7 Å². The van der Waals surface area contributed by atoms with Gasteiger partial charge < -0.3 is 0 Å². The Kier molecular flexibility index (Phi) is 8.11. The lowest BCUT2D eigenvalue weighted by atomic mass is 10.1. The fraction of sp³-hybridized carbons (Fsp3) is 0. The normalized spacial score (nSPS) is 11.3. The van der Waals surface area contributed by atoms with Crippen molar-refractivity contribution in [2.75, 3.05) is 0 Å². The molecule has 0 atom stereocenters. The van der Waals surface area contributed by atoms with E-state index in [9.17, 15) is 0 Å². The van der Waals surface area contributed by atoms with Crippen molar-refractivity contribution in [3.63, 3.8) is 0 Å². The molecule has 7 heterocycles. The first-order valence-electron chi connectivity index (χ1n) is 15.9. The van der Waals surface area contributed by atoms with Gasteiger partial charge in [-0.05, 0) is 106 Å². The average molecular weight is 648 g/mol. The van der Waals surface area contributed by atoms with E-state index in [1.54, 1.807) is 18.6 Å². The molecule has 0 aliphatic carbocycles. The Morgan fingerprint density at radius 3 is 0.959 bits per heavy atom. The van der Waals surface area contributed by atoms with Gasteiger partial charge in [0.2, 0.25) is 0 Å². The third-order valence-corrected chi connectivity index (χ3v) is 13.4. The minimum atomic E-state index is -3.18. The summed E-state index contributed by atoms with van der Waals surface area (Å²) in [5, 5.41) is 4.62. The molecule has 0 radical (unpaired) electrons. The Morgan fingerprint density at radius 2 is 0.633 bits per heavy atom.